The second-order valence-electron chi connectivity index (χ2n) is 7.68. The van der Waals surface area contributed by atoms with Crippen LogP contribution in [0, 0.1) is 18.3 Å². The summed E-state index contributed by atoms with van der Waals surface area (Å²) in [7, 11) is -2.11. The van der Waals surface area contributed by atoms with E-state index in [-0.39, 0.29) is 21.6 Å². The SMILES string of the molecule is CCS(=O)(=O)c1nsc(NC(=O)/C(C#N)=C\c2ccc(OCCCOc3ccc(C)cc3)c(OC)c2)n1. The van der Waals surface area contributed by atoms with E-state index < -0.39 is 15.7 Å². The summed E-state index contributed by atoms with van der Waals surface area (Å²) in [6.45, 7) is 4.38. The Morgan fingerprint density at radius 1 is 1.14 bits per heavy atom. The van der Waals surface area contributed by atoms with Crippen molar-refractivity contribution in [3.05, 3.63) is 59.2 Å². The smallest absolute Gasteiger partial charge is 0.268 e. The lowest BCUT2D eigenvalue weighted by molar-refractivity contribution is -0.112. The van der Waals surface area contributed by atoms with Gasteiger partial charge in [-0.05, 0) is 42.8 Å². The summed E-state index contributed by atoms with van der Waals surface area (Å²) < 4.78 is 44.4. The molecule has 0 aliphatic rings. The Balaban J connectivity index is 1.59. The molecule has 2 aromatic carbocycles. The third-order valence-electron chi connectivity index (χ3n) is 4.99. The molecule has 0 unspecified atom stereocenters. The topological polar surface area (TPSA) is 140 Å². The minimum absolute atomic E-state index is 0.0224. The summed E-state index contributed by atoms with van der Waals surface area (Å²) in [6, 6.07) is 14.7. The van der Waals surface area contributed by atoms with Gasteiger partial charge in [0.05, 0.1) is 26.1 Å². The van der Waals surface area contributed by atoms with Crippen LogP contribution in [0.15, 0.2) is 53.2 Å². The Kier molecular flexibility index (Phi) is 9.59. The highest BCUT2D eigenvalue weighted by molar-refractivity contribution is 7.91. The van der Waals surface area contributed by atoms with E-state index in [1.807, 2.05) is 37.3 Å². The number of benzene rings is 2. The number of hydrogen-bond donors (Lipinski definition) is 1. The van der Waals surface area contributed by atoms with Crippen molar-refractivity contribution in [3.63, 3.8) is 0 Å². The third kappa shape index (κ3) is 7.77. The predicted octanol–water partition coefficient (Wildman–Crippen LogP) is 4.04. The number of sulfone groups is 1. The average Bonchev–Trinajstić information content (AvgIpc) is 3.38. The van der Waals surface area contributed by atoms with Gasteiger partial charge in [0.15, 0.2) is 11.5 Å². The van der Waals surface area contributed by atoms with Crippen molar-refractivity contribution in [2.24, 2.45) is 0 Å². The zero-order valence-electron chi connectivity index (χ0n) is 20.6. The van der Waals surface area contributed by atoms with E-state index in [9.17, 15) is 18.5 Å². The number of carbonyl (C=O) groups is 1. The molecule has 0 bridgehead atoms. The largest absolute Gasteiger partial charge is 0.493 e. The van der Waals surface area contributed by atoms with Crippen molar-refractivity contribution >= 4 is 38.5 Å². The van der Waals surface area contributed by atoms with Gasteiger partial charge in [0.25, 0.3) is 11.1 Å². The maximum atomic E-state index is 12.5. The number of aromatic nitrogens is 2. The van der Waals surface area contributed by atoms with Crippen LogP contribution in [0.2, 0.25) is 0 Å². The average molecular weight is 543 g/mol. The molecule has 0 saturated carbocycles. The first-order valence-electron chi connectivity index (χ1n) is 11.3. The van der Waals surface area contributed by atoms with Crippen LogP contribution in [0.1, 0.15) is 24.5 Å². The molecule has 37 heavy (non-hydrogen) atoms. The van der Waals surface area contributed by atoms with Crippen molar-refractivity contribution in [2.75, 3.05) is 31.4 Å². The van der Waals surface area contributed by atoms with Gasteiger partial charge in [-0.25, -0.2) is 8.42 Å². The van der Waals surface area contributed by atoms with Crippen molar-refractivity contribution < 1.29 is 27.4 Å². The summed E-state index contributed by atoms with van der Waals surface area (Å²) in [5.74, 6) is 0.838. The predicted molar refractivity (Wildman–Crippen MR) is 140 cm³/mol. The third-order valence-corrected chi connectivity index (χ3v) is 7.23. The summed E-state index contributed by atoms with van der Waals surface area (Å²) in [5, 5.41) is 11.5. The van der Waals surface area contributed by atoms with Crippen molar-refractivity contribution in [2.45, 2.75) is 25.4 Å². The summed E-state index contributed by atoms with van der Waals surface area (Å²) in [6.07, 6.45) is 2.03. The molecule has 0 radical (unpaired) electrons. The van der Waals surface area contributed by atoms with E-state index in [0.29, 0.717) is 36.7 Å². The number of nitriles is 1. The van der Waals surface area contributed by atoms with Gasteiger partial charge in [-0.3, -0.25) is 10.1 Å². The van der Waals surface area contributed by atoms with Gasteiger partial charge in [0.2, 0.25) is 15.0 Å². The molecule has 0 saturated heterocycles. The lowest BCUT2D eigenvalue weighted by Crippen LogP contribution is -2.13. The zero-order valence-corrected chi connectivity index (χ0v) is 22.2. The minimum Gasteiger partial charge on any atom is -0.493 e. The number of rotatable bonds is 12. The molecular weight excluding hydrogens is 516 g/mol. The highest BCUT2D eigenvalue weighted by Gasteiger charge is 2.20. The van der Waals surface area contributed by atoms with E-state index in [1.54, 1.807) is 18.2 Å². The molecule has 1 N–H and O–H groups in total. The maximum Gasteiger partial charge on any atom is 0.268 e. The molecule has 1 amide bonds. The summed E-state index contributed by atoms with van der Waals surface area (Å²) in [5.41, 5.74) is 1.49. The van der Waals surface area contributed by atoms with Gasteiger partial charge in [-0.1, -0.05) is 30.7 Å². The first-order chi connectivity index (χ1) is 17.7. The Labute approximate surface area is 219 Å². The quantitative estimate of drug-likeness (QED) is 0.204. The second-order valence-corrected chi connectivity index (χ2v) is 10.6. The Morgan fingerprint density at radius 2 is 1.86 bits per heavy atom. The molecule has 3 rings (SSSR count). The molecule has 0 atom stereocenters. The van der Waals surface area contributed by atoms with E-state index in [1.165, 1.54) is 25.7 Å². The van der Waals surface area contributed by atoms with Crippen LogP contribution in [0.5, 0.6) is 17.2 Å². The van der Waals surface area contributed by atoms with Crippen LogP contribution in [-0.4, -0.2) is 49.8 Å². The molecule has 12 heteroatoms. The fourth-order valence-corrected chi connectivity index (χ4v) is 4.54. The van der Waals surface area contributed by atoms with Gasteiger partial charge < -0.3 is 14.2 Å². The standard InChI is InChI=1S/C25H26N4O6S2/c1-4-37(31,32)25-28-24(36-29-25)27-23(30)19(16-26)14-18-8-11-21(22(15-18)33-3)35-13-5-12-34-20-9-6-17(2)7-10-20/h6-11,14-15H,4-5,12-13H2,1-3H3,(H,27,28,29,30)/b19-14-. The molecule has 1 heterocycles. The van der Waals surface area contributed by atoms with E-state index in [2.05, 4.69) is 14.7 Å². The molecule has 1 aromatic heterocycles. The summed E-state index contributed by atoms with van der Waals surface area (Å²) >= 11 is 0.718. The van der Waals surface area contributed by atoms with E-state index in [4.69, 9.17) is 14.2 Å². The number of methoxy groups -OCH3 is 1. The lowest BCUT2D eigenvalue weighted by Gasteiger charge is -2.12. The first-order valence-corrected chi connectivity index (χ1v) is 13.7. The number of anilines is 1. The Hall–Kier alpha value is -3.95. The zero-order chi connectivity index (χ0) is 26.8. The molecule has 10 nitrogen and oxygen atoms in total. The van der Waals surface area contributed by atoms with Gasteiger partial charge >= 0.3 is 0 Å². The van der Waals surface area contributed by atoms with Crippen LogP contribution in [-0.2, 0) is 14.6 Å². The number of nitrogens with zero attached hydrogens (tertiary/aromatic N) is 3. The molecule has 0 aliphatic heterocycles. The van der Waals surface area contributed by atoms with Crippen molar-refractivity contribution in [3.8, 4) is 23.3 Å². The first kappa shape index (κ1) is 27.6. The molecule has 0 spiro atoms. The van der Waals surface area contributed by atoms with Gasteiger partial charge in [0, 0.05) is 18.0 Å². The Morgan fingerprint density at radius 3 is 2.54 bits per heavy atom. The molecular formula is C25H26N4O6S2. The van der Waals surface area contributed by atoms with E-state index >= 15 is 0 Å². The normalized spacial score (nSPS) is 11.5. The number of nitrogens with one attached hydrogen (secondary N) is 1. The van der Waals surface area contributed by atoms with Gasteiger partial charge in [-0.15, -0.1) is 0 Å². The van der Waals surface area contributed by atoms with Crippen molar-refractivity contribution in [1.82, 2.24) is 9.36 Å². The van der Waals surface area contributed by atoms with Crippen LogP contribution in [0.3, 0.4) is 0 Å². The van der Waals surface area contributed by atoms with Gasteiger partial charge in [-0.2, -0.15) is 14.6 Å². The number of amides is 1. The number of hydrogen-bond acceptors (Lipinski definition) is 10. The van der Waals surface area contributed by atoms with E-state index in [0.717, 1.165) is 17.3 Å². The fraction of sp³-hybridized carbons (Fsp3) is 0.280. The van der Waals surface area contributed by atoms with Crippen LogP contribution >= 0.6 is 11.5 Å². The highest BCUT2D eigenvalue weighted by atomic mass is 32.2. The highest BCUT2D eigenvalue weighted by Crippen LogP contribution is 2.29. The van der Waals surface area contributed by atoms with Gasteiger partial charge in [0.1, 0.15) is 17.4 Å². The Bertz CT molecular complexity index is 1410. The molecule has 3 aromatic rings. The number of carbonyl (C=O) groups excluding carboxylic acids is 1. The lowest BCUT2D eigenvalue weighted by atomic mass is 10.1. The van der Waals surface area contributed by atoms with Crippen LogP contribution in [0.25, 0.3) is 6.08 Å². The molecule has 194 valence electrons. The molecule has 0 fully saturated rings. The monoisotopic (exact) mass is 542 g/mol. The molecule has 0 aliphatic carbocycles. The minimum atomic E-state index is -3.60. The number of ether oxygens (including phenoxy) is 3. The second kappa shape index (κ2) is 12.8. The van der Waals surface area contributed by atoms with Crippen LogP contribution in [0.4, 0.5) is 5.13 Å². The van der Waals surface area contributed by atoms with Crippen LogP contribution < -0.4 is 19.5 Å². The fourth-order valence-electron chi connectivity index (χ4n) is 2.95. The summed E-state index contributed by atoms with van der Waals surface area (Å²) in [4.78, 5) is 16.4. The maximum absolute atomic E-state index is 12.5. The van der Waals surface area contributed by atoms with Crippen molar-refractivity contribution in [1.29, 1.82) is 5.26 Å². The number of aryl methyl sites for hydroxylation is 1.